The maximum Gasteiger partial charge on any atom is 0.164 e. The number of rotatable bonds is 3. The van der Waals surface area contributed by atoms with Crippen molar-refractivity contribution in [3.63, 3.8) is 0 Å². The molecule has 1 aliphatic carbocycles. The lowest BCUT2D eigenvalue weighted by Crippen LogP contribution is -2.43. The fourth-order valence-electron chi connectivity index (χ4n) is 4.20. The van der Waals surface area contributed by atoms with Gasteiger partial charge in [0, 0.05) is 22.5 Å². The molecule has 5 rings (SSSR count). The summed E-state index contributed by atoms with van der Waals surface area (Å²) < 4.78 is 1.95. The second kappa shape index (κ2) is 6.28. The zero-order valence-corrected chi connectivity index (χ0v) is 16.3. The van der Waals surface area contributed by atoms with Crippen molar-refractivity contribution in [2.45, 2.75) is 38.6 Å². The molecule has 4 aromatic rings. The number of hydrogen-bond acceptors (Lipinski definition) is 3. The Morgan fingerprint density at radius 1 is 0.929 bits per heavy atom. The molecule has 0 saturated heterocycles. The molecule has 2 heterocycles. The molecule has 1 saturated carbocycles. The van der Waals surface area contributed by atoms with Crippen molar-refractivity contribution in [2.24, 2.45) is 5.73 Å². The van der Waals surface area contributed by atoms with E-state index in [0.29, 0.717) is 0 Å². The van der Waals surface area contributed by atoms with Gasteiger partial charge in [0.2, 0.25) is 0 Å². The van der Waals surface area contributed by atoms with Crippen molar-refractivity contribution in [1.82, 2.24) is 14.6 Å². The Hall–Kier alpha value is -2.98. The number of benzene rings is 2. The number of fused-ring (bicyclic) bond motifs is 1. The van der Waals surface area contributed by atoms with Gasteiger partial charge in [-0.05, 0) is 50.3 Å². The van der Waals surface area contributed by atoms with Crippen LogP contribution >= 0.6 is 0 Å². The summed E-state index contributed by atoms with van der Waals surface area (Å²) in [6.07, 6.45) is 3.35. The van der Waals surface area contributed by atoms with E-state index in [1.807, 2.05) is 17.5 Å². The molecule has 0 spiro atoms. The van der Waals surface area contributed by atoms with Crippen molar-refractivity contribution in [2.75, 3.05) is 0 Å². The molecule has 4 nitrogen and oxygen atoms in total. The minimum absolute atomic E-state index is 0.144. The number of nitrogens with zero attached hydrogens (tertiary/aromatic N) is 3. The molecular formula is C24H24N4. The van der Waals surface area contributed by atoms with Gasteiger partial charge >= 0.3 is 0 Å². The highest BCUT2D eigenvalue weighted by Gasteiger charge is 2.34. The predicted molar refractivity (Wildman–Crippen MR) is 113 cm³/mol. The SMILES string of the molecule is Cc1cc(C)n2nc(-c3ccc(C4(N)CCC4)cc3)c(-c3ccccc3)c2n1. The first-order valence-electron chi connectivity index (χ1n) is 9.87. The van der Waals surface area contributed by atoms with Crippen LogP contribution in [0.25, 0.3) is 28.0 Å². The van der Waals surface area contributed by atoms with Crippen LogP contribution < -0.4 is 5.73 Å². The molecule has 2 aromatic heterocycles. The smallest absolute Gasteiger partial charge is 0.164 e. The fraction of sp³-hybridized carbons (Fsp3) is 0.250. The van der Waals surface area contributed by atoms with E-state index in [1.165, 1.54) is 12.0 Å². The molecule has 28 heavy (non-hydrogen) atoms. The van der Waals surface area contributed by atoms with Crippen LogP contribution in [0.1, 0.15) is 36.2 Å². The summed E-state index contributed by atoms with van der Waals surface area (Å²) in [5.74, 6) is 0. The zero-order chi connectivity index (χ0) is 19.3. The second-order valence-electron chi connectivity index (χ2n) is 7.95. The summed E-state index contributed by atoms with van der Waals surface area (Å²) >= 11 is 0. The molecule has 2 aromatic carbocycles. The standard InChI is InChI=1S/C24H24N4/c1-16-15-17(2)28-23(26-16)21(18-7-4-3-5-8-18)22(27-28)19-9-11-20(12-10-19)24(25)13-6-14-24/h3-5,7-12,15H,6,13-14,25H2,1-2H3. The van der Waals surface area contributed by atoms with E-state index in [-0.39, 0.29) is 5.54 Å². The van der Waals surface area contributed by atoms with Gasteiger partial charge in [0.05, 0.1) is 5.56 Å². The first-order valence-corrected chi connectivity index (χ1v) is 9.87. The van der Waals surface area contributed by atoms with E-state index in [2.05, 4.69) is 61.5 Å². The van der Waals surface area contributed by atoms with Gasteiger partial charge in [0.25, 0.3) is 0 Å². The van der Waals surface area contributed by atoms with E-state index in [4.69, 9.17) is 15.8 Å². The third-order valence-corrected chi connectivity index (χ3v) is 5.94. The number of aromatic nitrogens is 3. The van der Waals surface area contributed by atoms with Gasteiger partial charge < -0.3 is 5.73 Å². The van der Waals surface area contributed by atoms with Gasteiger partial charge in [0.15, 0.2) is 5.65 Å². The van der Waals surface area contributed by atoms with Crippen molar-refractivity contribution in [3.8, 4) is 22.4 Å². The lowest BCUT2D eigenvalue weighted by Gasteiger charge is -2.38. The molecule has 0 bridgehead atoms. The summed E-state index contributed by atoms with van der Waals surface area (Å²) in [7, 11) is 0. The average Bonchev–Trinajstić information content (AvgIpc) is 3.06. The first-order chi connectivity index (χ1) is 13.5. The van der Waals surface area contributed by atoms with Crippen molar-refractivity contribution < 1.29 is 0 Å². The number of hydrogen-bond donors (Lipinski definition) is 1. The monoisotopic (exact) mass is 368 g/mol. The lowest BCUT2D eigenvalue weighted by atomic mass is 9.72. The highest BCUT2D eigenvalue weighted by Crippen LogP contribution is 2.40. The summed E-state index contributed by atoms with van der Waals surface area (Å²) in [5, 5.41) is 4.95. The third kappa shape index (κ3) is 2.64. The Morgan fingerprint density at radius 2 is 1.64 bits per heavy atom. The van der Waals surface area contributed by atoms with Crippen LogP contribution in [0.4, 0.5) is 0 Å². The molecular weight excluding hydrogens is 344 g/mol. The van der Waals surface area contributed by atoms with Crippen molar-refractivity contribution in [3.05, 3.63) is 77.6 Å². The van der Waals surface area contributed by atoms with Crippen LogP contribution in [-0.4, -0.2) is 14.6 Å². The van der Waals surface area contributed by atoms with Crippen molar-refractivity contribution in [1.29, 1.82) is 0 Å². The van der Waals surface area contributed by atoms with Gasteiger partial charge in [-0.15, -0.1) is 0 Å². The summed E-state index contributed by atoms with van der Waals surface area (Å²) in [6.45, 7) is 4.10. The Balaban J connectivity index is 1.72. The molecule has 2 N–H and O–H groups in total. The Kier molecular flexibility index (Phi) is 3.84. The predicted octanol–water partition coefficient (Wildman–Crippen LogP) is 5.02. The normalized spacial score (nSPS) is 15.5. The summed E-state index contributed by atoms with van der Waals surface area (Å²) in [5.41, 5.74) is 14.8. The number of nitrogens with two attached hydrogens (primary N) is 1. The van der Waals surface area contributed by atoms with Crippen LogP contribution in [0.3, 0.4) is 0 Å². The molecule has 0 aliphatic heterocycles. The second-order valence-corrected chi connectivity index (χ2v) is 7.95. The molecule has 0 radical (unpaired) electrons. The molecule has 4 heteroatoms. The first kappa shape index (κ1) is 17.1. The minimum Gasteiger partial charge on any atom is -0.321 e. The number of aryl methyl sites for hydroxylation is 2. The largest absolute Gasteiger partial charge is 0.321 e. The maximum atomic E-state index is 6.50. The lowest BCUT2D eigenvalue weighted by molar-refractivity contribution is 0.253. The molecule has 1 fully saturated rings. The average molecular weight is 368 g/mol. The molecule has 0 amide bonds. The van der Waals surface area contributed by atoms with E-state index in [9.17, 15) is 0 Å². The topological polar surface area (TPSA) is 56.2 Å². The van der Waals surface area contributed by atoms with E-state index in [1.54, 1.807) is 0 Å². The van der Waals surface area contributed by atoms with Crippen LogP contribution in [-0.2, 0) is 5.54 Å². The molecule has 140 valence electrons. The van der Waals surface area contributed by atoms with Crippen molar-refractivity contribution >= 4 is 5.65 Å². The molecule has 0 unspecified atom stereocenters. The van der Waals surface area contributed by atoms with E-state index >= 15 is 0 Å². The molecule has 0 atom stereocenters. The Labute approximate surface area is 165 Å². The van der Waals surface area contributed by atoms with Gasteiger partial charge in [-0.25, -0.2) is 9.50 Å². The fourth-order valence-corrected chi connectivity index (χ4v) is 4.20. The van der Waals surface area contributed by atoms with E-state index < -0.39 is 0 Å². The Bertz CT molecular complexity index is 1150. The minimum atomic E-state index is -0.144. The van der Waals surface area contributed by atoms with Gasteiger partial charge in [0.1, 0.15) is 5.69 Å². The van der Waals surface area contributed by atoms with Crippen LogP contribution in [0, 0.1) is 13.8 Å². The Morgan fingerprint density at radius 3 is 2.29 bits per heavy atom. The van der Waals surface area contributed by atoms with Crippen LogP contribution in [0.2, 0.25) is 0 Å². The van der Waals surface area contributed by atoms with E-state index in [0.717, 1.165) is 52.3 Å². The van der Waals surface area contributed by atoms with Crippen LogP contribution in [0.5, 0.6) is 0 Å². The summed E-state index contributed by atoms with van der Waals surface area (Å²) in [6, 6.07) is 21.1. The quantitative estimate of drug-likeness (QED) is 0.552. The third-order valence-electron chi connectivity index (χ3n) is 5.94. The van der Waals surface area contributed by atoms with Gasteiger partial charge in [-0.2, -0.15) is 5.10 Å². The maximum absolute atomic E-state index is 6.50. The van der Waals surface area contributed by atoms with Crippen LogP contribution in [0.15, 0.2) is 60.7 Å². The molecule has 1 aliphatic rings. The van der Waals surface area contributed by atoms with Gasteiger partial charge in [-0.3, -0.25) is 0 Å². The highest BCUT2D eigenvalue weighted by molar-refractivity contribution is 5.90. The summed E-state index contributed by atoms with van der Waals surface area (Å²) in [4.78, 5) is 4.82. The highest BCUT2D eigenvalue weighted by atomic mass is 15.3. The van der Waals surface area contributed by atoms with Gasteiger partial charge in [-0.1, -0.05) is 54.6 Å². The zero-order valence-electron chi connectivity index (χ0n) is 16.3.